The zero-order valence-corrected chi connectivity index (χ0v) is 12.4. The molecule has 2 saturated carbocycles. The van der Waals surface area contributed by atoms with E-state index in [-0.39, 0.29) is 0 Å². The monoisotopic (exact) mass is 260 g/mol. The Balaban J connectivity index is 1.56. The van der Waals surface area contributed by atoms with Gasteiger partial charge in [0, 0.05) is 25.0 Å². The average Bonchev–Trinajstić information content (AvgIpc) is 3.11. The summed E-state index contributed by atoms with van der Waals surface area (Å²) in [5.74, 6) is 3.06. The summed E-state index contributed by atoms with van der Waals surface area (Å²) in [6.45, 7) is 6.85. The molecule has 19 heavy (non-hydrogen) atoms. The first kappa shape index (κ1) is 13.2. The van der Waals surface area contributed by atoms with Gasteiger partial charge >= 0.3 is 0 Å². The lowest BCUT2D eigenvalue weighted by atomic mass is 9.89. The number of rotatable bonds is 6. The van der Waals surface area contributed by atoms with E-state index >= 15 is 0 Å². The summed E-state index contributed by atoms with van der Waals surface area (Å²) in [6, 6.07) is 2.78. The molecule has 0 spiro atoms. The van der Waals surface area contributed by atoms with Crippen LogP contribution < -0.4 is 5.32 Å². The summed E-state index contributed by atoms with van der Waals surface area (Å²) in [5.41, 5.74) is 1.44. The van der Waals surface area contributed by atoms with Crippen LogP contribution >= 0.6 is 0 Å². The third-order valence-electron chi connectivity index (χ3n) is 5.30. The Morgan fingerprint density at radius 2 is 2.26 bits per heavy atom. The van der Waals surface area contributed by atoms with Crippen LogP contribution in [-0.4, -0.2) is 11.1 Å². The second-order valence-corrected chi connectivity index (χ2v) is 6.75. The molecule has 2 fully saturated rings. The van der Waals surface area contributed by atoms with Gasteiger partial charge in [-0.3, -0.25) is 0 Å². The van der Waals surface area contributed by atoms with E-state index in [0.29, 0.717) is 6.04 Å². The van der Waals surface area contributed by atoms with Crippen molar-refractivity contribution in [2.24, 2.45) is 17.8 Å². The summed E-state index contributed by atoms with van der Waals surface area (Å²) >= 11 is 0. The minimum Gasteiger partial charge on any atom is -0.354 e. The molecule has 1 aromatic rings. The molecule has 4 unspecified atom stereocenters. The largest absolute Gasteiger partial charge is 0.354 e. The van der Waals surface area contributed by atoms with Crippen molar-refractivity contribution in [3.8, 4) is 0 Å². The van der Waals surface area contributed by atoms with Gasteiger partial charge in [0.1, 0.15) is 0 Å². The summed E-state index contributed by atoms with van der Waals surface area (Å²) in [4.78, 5) is 0. The van der Waals surface area contributed by atoms with Crippen molar-refractivity contribution in [2.75, 3.05) is 6.54 Å². The lowest BCUT2D eigenvalue weighted by Gasteiger charge is -2.22. The Labute approximate surface area is 117 Å². The lowest BCUT2D eigenvalue weighted by Crippen LogP contribution is -2.19. The average molecular weight is 260 g/mol. The van der Waals surface area contributed by atoms with E-state index < -0.39 is 0 Å². The third kappa shape index (κ3) is 2.89. The molecule has 0 radical (unpaired) electrons. The molecule has 0 aliphatic heterocycles. The molecule has 3 rings (SSSR count). The van der Waals surface area contributed by atoms with Gasteiger partial charge in [-0.1, -0.05) is 13.3 Å². The number of hydrogen-bond donors (Lipinski definition) is 1. The standard InChI is InChI=1S/C17H28N2/c1-3-7-18-13(2)16-6-8-19(11-16)12-17-10-14-4-5-15(17)9-14/h6,8,11,13-15,17-18H,3-5,7,9-10,12H2,1-2H3. The van der Waals surface area contributed by atoms with Crippen molar-refractivity contribution in [2.45, 2.75) is 58.5 Å². The van der Waals surface area contributed by atoms with Crippen LogP contribution in [0, 0.1) is 17.8 Å². The van der Waals surface area contributed by atoms with Gasteiger partial charge < -0.3 is 9.88 Å². The van der Waals surface area contributed by atoms with Gasteiger partial charge in [0.25, 0.3) is 0 Å². The van der Waals surface area contributed by atoms with Crippen molar-refractivity contribution in [3.63, 3.8) is 0 Å². The highest BCUT2D eigenvalue weighted by atomic mass is 15.0. The van der Waals surface area contributed by atoms with Crippen LogP contribution in [0.5, 0.6) is 0 Å². The molecule has 0 saturated heterocycles. The van der Waals surface area contributed by atoms with E-state index in [1.807, 2.05) is 0 Å². The van der Waals surface area contributed by atoms with Crippen LogP contribution in [0.4, 0.5) is 0 Å². The van der Waals surface area contributed by atoms with E-state index in [1.165, 1.54) is 44.2 Å². The van der Waals surface area contributed by atoms with Gasteiger partial charge in [-0.2, -0.15) is 0 Å². The quantitative estimate of drug-likeness (QED) is 0.818. The van der Waals surface area contributed by atoms with E-state index in [0.717, 1.165) is 24.3 Å². The second kappa shape index (κ2) is 5.70. The van der Waals surface area contributed by atoms with Crippen LogP contribution in [0.15, 0.2) is 18.5 Å². The van der Waals surface area contributed by atoms with Crippen molar-refractivity contribution >= 4 is 0 Å². The topological polar surface area (TPSA) is 17.0 Å². The summed E-state index contributed by atoms with van der Waals surface area (Å²) in [5, 5.41) is 3.57. The maximum absolute atomic E-state index is 3.57. The Kier molecular flexibility index (Phi) is 3.97. The highest BCUT2D eigenvalue weighted by Crippen LogP contribution is 2.48. The van der Waals surface area contributed by atoms with Crippen LogP contribution in [0.25, 0.3) is 0 Å². The molecule has 0 amide bonds. The van der Waals surface area contributed by atoms with Crippen molar-refractivity contribution < 1.29 is 0 Å². The summed E-state index contributed by atoms with van der Waals surface area (Å²) in [7, 11) is 0. The molecule has 1 aromatic heterocycles. The molecule has 1 heterocycles. The number of hydrogen-bond acceptors (Lipinski definition) is 1. The molecule has 2 heteroatoms. The number of fused-ring (bicyclic) bond motifs is 2. The molecule has 4 atom stereocenters. The smallest absolute Gasteiger partial charge is 0.0306 e. The Hall–Kier alpha value is -0.760. The molecule has 2 bridgehead atoms. The Morgan fingerprint density at radius 3 is 2.95 bits per heavy atom. The van der Waals surface area contributed by atoms with E-state index in [9.17, 15) is 0 Å². The van der Waals surface area contributed by atoms with E-state index in [4.69, 9.17) is 0 Å². The highest BCUT2D eigenvalue weighted by molar-refractivity contribution is 5.14. The normalized spacial score (nSPS) is 30.9. The first-order valence-electron chi connectivity index (χ1n) is 8.15. The van der Waals surface area contributed by atoms with Crippen molar-refractivity contribution in [3.05, 3.63) is 24.0 Å². The first-order chi connectivity index (χ1) is 9.26. The molecule has 0 aromatic carbocycles. The van der Waals surface area contributed by atoms with Gasteiger partial charge in [-0.25, -0.2) is 0 Å². The maximum Gasteiger partial charge on any atom is 0.0306 e. The highest BCUT2D eigenvalue weighted by Gasteiger charge is 2.39. The van der Waals surface area contributed by atoms with Gasteiger partial charge in [0.05, 0.1) is 0 Å². The molecule has 106 valence electrons. The van der Waals surface area contributed by atoms with E-state index in [2.05, 4.69) is 42.2 Å². The molecular formula is C17H28N2. The Bertz CT molecular complexity index is 409. The zero-order chi connectivity index (χ0) is 13.2. The van der Waals surface area contributed by atoms with E-state index in [1.54, 1.807) is 0 Å². The zero-order valence-electron chi connectivity index (χ0n) is 12.4. The fourth-order valence-corrected chi connectivity index (χ4v) is 4.18. The molecule has 2 aliphatic rings. The molecule has 2 nitrogen and oxygen atoms in total. The summed E-state index contributed by atoms with van der Waals surface area (Å²) < 4.78 is 2.44. The van der Waals surface area contributed by atoms with Gasteiger partial charge in [-0.05, 0) is 68.5 Å². The van der Waals surface area contributed by atoms with Gasteiger partial charge in [0.15, 0.2) is 0 Å². The number of nitrogens with one attached hydrogen (secondary N) is 1. The van der Waals surface area contributed by atoms with Crippen molar-refractivity contribution in [1.82, 2.24) is 9.88 Å². The van der Waals surface area contributed by atoms with Crippen molar-refractivity contribution in [1.29, 1.82) is 0 Å². The SMILES string of the molecule is CCCNC(C)c1ccn(CC2CC3CCC2C3)c1. The van der Waals surface area contributed by atoms with Crippen LogP contribution in [0.3, 0.4) is 0 Å². The fraction of sp³-hybridized carbons (Fsp3) is 0.765. The van der Waals surface area contributed by atoms with Crippen LogP contribution in [0.2, 0.25) is 0 Å². The summed E-state index contributed by atoms with van der Waals surface area (Å²) in [6.07, 6.45) is 11.9. The Morgan fingerprint density at radius 1 is 1.37 bits per heavy atom. The first-order valence-corrected chi connectivity index (χ1v) is 8.15. The maximum atomic E-state index is 3.57. The lowest BCUT2D eigenvalue weighted by molar-refractivity contribution is 0.296. The second-order valence-electron chi connectivity index (χ2n) is 6.75. The number of aromatic nitrogens is 1. The molecular weight excluding hydrogens is 232 g/mol. The van der Waals surface area contributed by atoms with Gasteiger partial charge in [-0.15, -0.1) is 0 Å². The predicted octanol–water partition coefficient (Wildman–Crippen LogP) is 3.98. The minimum atomic E-state index is 0.487. The minimum absolute atomic E-state index is 0.487. The predicted molar refractivity (Wildman–Crippen MR) is 80.1 cm³/mol. The van der Waals surface area contributed by atoms with Crippen LogP contribution in [0.1, 0.15) is 57.6 Å². The fourth-order valence-electron chi connectivity index (χ4n) is 4.18. The van der Waals surface area contributed by atoms with Crippen LogP contribution in [-0.2, 0) is 6.54 Å². The molecule has 1 N–H and O–H groups in total. The number of nitrogens with zero attached hydrogens (tertiary/aromatic N) is 1. The van der Waals surface area contributed by atoms with Gasteiger partial charge in [0.2, 0.25) is 0 Å². The third-order valence-corrected chi connectivity index (χ3v) is 5.30. The molecule has 2 aliphatic carbocycles.